The molecular formula is C7H9N3O. The van der Waals surface area contributed by atoms with Crippen molar-refractivity contribution >= 4 is 5.78 Å². The zero-order valence-corrected chi connectivity index (χ0v) is 6.24. The summed E-state index contributed by atoms with van der Waals surface area (Å²) in [6, 6.07) is 0. The minimum Gasteiger partial charge on any atom is -0.313 e. The molecule has 1 rings (SSSR count). The Morgan fingerprint density at radius 2 is 2.18 bits per heavy atom. The summed E-state index contributed by atoms with van der Waals surface area (Å²) in [5.41, 5.74) is 0.543. The third kappa shape index (κ3) is 2.09. The van der Waals surface area contributed by atoms with Crippen LogP contribution in [-0.4, -0.2) is 29.3 Å². The van der Waals surface area contributed by atoms with Gasteiger partial charge in [-0.25, -0.2) is 9.97 Å². The summed E-state index contributed by atoms with van der Waals surface area (Å²) in [4.78, 5) is 18.6. The van der Waals surface area contributed by atoms with Crippen LogP contribution in [0.15, 0.2) is 18.7 Å². The first-order valence-electron chi connectivity index (χ1n) is 3.27. The Morgan fingerprint density at radius 1 is 1.55 bits per heavy atom. The lowest BCUT2D eigenvalue weighted by Crippen LogP contribution is -2.18. The smallest absolute Gasteiger partial charge is 0.179 e. The van der Waals surface area contributed by atoms with E-state index >= 15 is 0 Å². The SMILES string of the molecule is CNCC(=O)c1cncnc1. The number of Topliss-reactive ketones (excluding diaryl/α,β-unsaturated/α-hetero) is 1. The van der Waals surface area contributed by atoms with E-state index in [-0.39, 0.29) is 5.78 Å². The molecule has 0 bridgehead atoms. The van der Waals surface area contributed by atoms with Crippen molar-refractivity contribution in [2.24, 2.45) is 0 Å². The molecule has 0 aliphatic carbocycles. The van der Waals surface area contributed by atoms with Gasteiger partial charge in [-0.1, -0.05) is 0 Å². The summed E-state index contributed by atoms with van der Waals surface area (Å²) in [6.07, 6.45) is 4.41. The second-order valence-electron chi connectivity index (χ2n) is 2.08. The topological polar surface area (TPSA) is 54.9 Å². The Bertz CT molecular complexity index is 235. The Morgan fingerprint density at radius 3 is 2.73 bits per heavy atom. The molecule has 4 nitrogen and oxygen atoms in total. The summed E-state index contributed by atoms with van der Waals surface area (Å²) < 4.78 is 0. The van der Waals surface area contributed by atoms with Crippen LogP contribution in [0.1, 0.15) is 10.4 Å². The fourth-order valence-electron chi connectivity index (χ4n) is 0.706. The van der Waals surface area contributed by atoms with Crippen molar-refractivity contribution in [3.8, 4) is 0 Å². The van der Waals surface area contributed by atoms with E-state index in [4.69, 9.17) is 0 Å². The first-order valence-corrected chi connectivity index (χ1v) is 3.27. The quantitative estimate of drug-likeness (QED) is 0.612. The van der Waals surface area contributed by atoms with Crippen LogP contribution < -0.4 is 5.32 Å². The summed E-state index contributed by atoms with van der Waals surface area (Å²) in [7, 11) is 1.72. The van der Waals surface area contributed by atoms with E-state index in [0.717, 1.165) is 0 Å². The van der Waals surface area contributed by atoms with Gasteiger partial charge in [-0.15, -0.1) is 0 Å². The molecule has 0 aliphatic rings. The number of hydrogen-bond acceptors (Lipinski definition) is 4. The van der Waals surface area contributed by atoms with Crippen molar-refractivity contribution in [3.05, 3.63) is 24.3 Å². The maximum atomic E-state index is 11.1. The number of nitrogens with one attached hydrogen (secondary N) is 1. The predicted molar refractivity (Wildman–Crippen MR) is 40.3 cm³/mol. The van der Waals surface area contributed by atoms with Crippen molar-refractivity contribution in [1.82, 2.24) is 15.3 Å². The molecule has 1 N–H and O–H groups in total. The fraction of sp³-hybridized carbons (Fsp3) is 0.286. The standard InChI is InChI=1S/C7H9N3O/c1-8-4-7(11)6-2-9-5-10-3-6/h2-3,5,8H,4H2,1H3. The minimum absolute atomic E-state index is 0.00750. The number of ketones is 1. The van der Waals surface area contributed by atoms with Crippen molar-refractivity contribution in [3.63, 3.8) is 0 Å². The zero-order valence-electron chi connectivity index (χ0n) is 6.24. The Labute approximate surface area is 64.7 Å². The van der Waals surface area contributed by atoms with Crippen LogP contribution in [0.2, 0.25) is 0 Å². The summed E-state index contributed by atoms with van der Waals surface area (Å²) in [5, 5.41) is 2.76. The minimum atomic E-state index is 0.00750. The molecular weight excluding hydrogens is 142 g/mol. The predicted octanol–water partition coefficient (Wildman–Crippen LogP) is -0.121. The van der Waals surface area contributed by atoms with Crippen LogP contribution in [0.4, 0.5) is 0 Å². The summed E-state index contributed by atoms with van der Waals surface area (Å²) >= 11 is 0. The van der Waals surface area contributed by atoms with Crippen molar-refractivity contribution in [2.75, 3.05) is 13.6 Å². The number of carbonyl (C=O) groups excluding carboxylic acids is 1. The summed E-state index contributed by atoms with van der Waals surface area (Å²) in [6.45, 7) is 0.327. The lowest BCUT2D eigenvalue weighted by atomic mass is 10.2. The monoisotopic (exact) mass is 151 g/mol. The Balaban J connectivity index is 2.69. The van der Waals surface area contributed by atoms with Crippen LogP contribution in [0.3, 0.4) is 0 Å². The van der Waals surface area contributed by atoms with Gasteiger partial charge in [0.2, 0.25) is 0 Å². The van der Waals surface area contributed by atoms with Crippen molar-refractivity contribution in [2.45, 2.75) is 0 Å². The van der Waals surface area contributed by atoms with Crippen LogP contribution in [-0.2, 0) is 0 Å². The van der Waals surface area contributed by atoms with Gasteiger partial charge < -0.3 is 5.32 Å². The van der Waals surface area contributed by atoms with Crippen LogP contribution in [0.25, 0.3) is 0 Å². The van der Waals surface area contributed by atoms with E-state index in [9.17, 15) is 4.79 Å². The van der Waals surface area contributed by atoms with Gasteiger partial charge >= 0.3 is 0 Å². The van der Waals surface area contributed by atoms with Crippen LogP contribution in [0, 0.1) is 0 Å². The van der Waals surface area contributed by atoms with Gasteiger partial charge in [0.1, 0.15) is 6.33 Å². The van der Waals surface area contributed by atoms with Gasteiger partial charge in [0, 0.05) is 12.4 Å². The number of hydrogen-bond donors (Lipinski definition) is 1. The largest absolute Gasteiger partial charge is 0.313 e. The average molecular weight is 151 g/mol. The molecule has 0 spiro atoms. The van der Waals surface area contributed by atoms with E-state index in [1.165, 1.54) is 18.7 Å². The first kappa shape index (κ1) is 7.81. The molecule has 0 saturated carbocycles. The normalized spacial score (nSPS) is 9.55. The van der Waals surface area contributed by atoms with Gasteiger partial charge in [-0.2, -0.15) is 0 Å². The molecule has 0 unspecified atom stereocenters. The second-order valence-corrected chi connectivity index (χ2v) is 2.08. The maximum Gasteiger partial charge on any atom is 0.179 e. The highest BCUT2D eigenvalue weighted by molar-refractivity contribution is 5.96. The molecule has 4 heteroatoms. The molecule has 0 fully saturated rings. The van der Waals surface area contributed by atoms with E-state index in [1.807, 2.05) is 0 Å². The molecule has 58 valence electrons. The van der Waals surface area contributed by atoms with E-state index < -0.39 is 0 Å². The van der Waals surface area contributed by atoms with Gasteiger partial charge in [0.05, 0.1) is 12.1 Å². The number of carbonyl (C=O) groups is 1. The molecule has 0 radical (unpaired) electrons. The summed E-state index contributed by atoms with van der Waals surface area (Å²) in [5.74, 6) is 0.00750. The van der Waals surface area contributed by atoms with Gasteiger partial charge in [-0.3, -0.25) is 4.79 Å². The van der Waals surface area contributed by atoms with Crippen molar-refractivity contribution in [1.29, 1.82) is 0 Å². The first-order chi connectivity index (χ1) is 5.34. The highest BCUT2D eigenvalue weighted by atomic mass is 16.1. The van der Waals surface area contributed by atoms with Crippen LogP contribution in [0.5, 0.6) is 0 Å². The Kier molecular flexibility index (Phi) is 2.68. The Hall–Kier alpha value is -1.29. The number of rotatable bonds is 3. The van der Waals surface area contributed by atoms with Crippen LogP contribution >= 0.6 is 0 Å². The van der Waals surface area contributed by atoms with E-state index in [1.54, 1.807) is 7.05 Å². The van der Waals surface area contributed by atoms with Gasteiger partial charge in [0.15, 0.2) is 5.78 Å². The third-order valence-corrected chi connectivity index (χ3v) is 1.22. The molecule has 0 atom stereocenters. The lowest BCUT2D eigenvalue weighted by Gasteiger charge is -1.96. The second kappa shape index (κ2) is 3.78. The number of nitrogens with zero attached hydrogens (tertiary/aromatic N) is 2. The average Bonchev–Trinajstić information content (AvgIpc) is 2.07. The zero-order chi connectivity index (χ0) is 8.10. The highest BCUT2D eigenvalue weighted by Gasteiger charge is 2.02. The molecule has 1 aromatic heterocycles. The molecule has 1 heterocycles. The van der Waals surface area contributed by atoms with E-state index in [0.29, 0.717) is 12.1 Å². The van der Waals surface area contributed by atoms with Gasteiger partial charge in [0.25, 0.3) is 0 Å². The number of aromatic nitrogens is 2. The molecule has 0 aromatic carbocycles. The van der Waals surface area contributed by atoms with Gasteiger partial charge in [-0.05, 0) is 7.05 Å². The molecule has 0 saturated heterocycles. The fourth-order valence-corrected chi connectivity index (χ4v) is 0.706. The third-order valence-electron chi connectivity index (χ3n) is 1.22. The molecule has 0 aliphatic heterocycles. The maximum absolute atomic E-state index is 11.1. The molecule has 1 aromatic rings. The van der Waals surface area contributed by atoms with Crippen molar-refractivity contribution < 1.29 is 4.79 Å². The lowest BCUT2D eigenvalue weighted by molar-refractivity contribution is 0.0993. The van der Waals surface area contributed by atoms with E-state index in [2.05, 4.69) is 15.3 Å². The number of likely N-dealkylation sites (N-methyl/N-ethyl adjacent to an activating group) is 1. The molecule has 0 amide bonds. The molecule has 11 heavy (non-hydrogen) atoms. The highest BCUT2D eigenvalue weighted by Crippen LogP contribution is 1.92.